The Morgan fingerprint density at radius 1 is 1.00 bits per heavy atom. The van der Waals surface area contributed by atoms with Crippen molar-refractivity contribution in [1.82, 2.24) is 9.78 Å². The summed E-state index contributed by atoms with van der Waals surface area (Å²) in [7, 11) is 0. The summed E-state index contributed by atoms with van der Waals surface area (Å²) in [5.74, 6) is 0.592. The molecule has 0 bridgehead atoms. The zero-order valence-electron chi connectivity index (χ0n) is 15.6. The van der Waals surface area contributed by atoms with Gasteiger partial charge in [0, 0.05) is 31.8 Å². The van der Waals surface area contributed by atoms with Crippen molar-refractivity contribution >= 4 is 28.1 Å². The number of nitrogens with zero attached hydrogens (tertiary/aromatic N) is 5. The number of benzene rings is 2. The van der Waals surface area contributed by atoms with Gasteiger partial charge < -0.3 is 9.64 Å². The molecule has 1 aromatic heterocycles. The number of nitro benzene ring substituents is 2. The molecule has 3 aromatic rings. The van der Waals surface area contributed by atoms with E-state index in [9.17, 15) is 20.2 Å². The van der Waals surface area contributed by atoms with Crippen molar-refractivity contribution in [3.05, 3.63) is 68.3 Å². The third-order valence-corrected chi connectivity index (χ3v) is 4.99. The van der Waals surface area contributed by atoms with E-state index >= 15 is 0 Å². The average molecular weight is 397 g/mol. The minimum absolute atomic E-state index is 0.500. The molecule has 29 heavy (non-hydrogen) atoms. The molecule has 1 saturated heterocycles. The summed E-state index contributed by atoms with van der Waals surface area (Å²) in [4.78, 5) is 23.4. The molecule has 1 fully saturated rings. The van der Waals surface area contributed by atoms with Crippen LogP contribution in [0.1, 0.15) is 5.56 Å². The fourth-order valence-corrected chi connectivity index (χ4v) is 3.53. The topological polar surface area (TPSA) is 117 Å². The number of aryl methyl sites for hydroxylation is 2. The van der Waals surface area contributed by atoms with Gasteiger partial charge in [0.1, 0.15) is 0 Å². The molecule has 150 valence electrons. The highest BCUT2D eigenvalue weighted by molar-refractivity contribution is 5.95. The van der Waals surface area contributed by atoms with Gasteiger partial charge in [-0.3, -0.25) is 24.9 Å². The van der Waals surface area contributed by atoms with Crippen LogP contribution < -0.4 is 4.90 Å². The van der Waals surface area contributed by atoms with Gasteiger partial charge in [0.2, 0.25) is 0 Å². The average Bonchev–Trinajstić information content (AvgIpc) is 3.10. The molecule has 4 rings (SSSR count). The summed E-state index contributed by atoms with van der Waals surface area (Å²) in [6, 6.07) is 12.4. The largest absolute Gasteiger partial charge is 0.378 e. The number of nitro groups is 2. The van der Waals surface area contributed by atoms with E-state index in [1.807, 2.05) is 35.2 Å². The van der Waals surface area contributed by atoms with Crippen LogP contribution in [-0.4, -0.2) is 45.9 Å². The molecular weight excluding hydrogens is 378 g/mol. The molecule has 0 radical (unpaired) electrons. The molecule has 0 amide bonds. The summed E-state index contributed by atoms with van der Waals surface area (Å²) >= 11 is 0. The second-order valence-corrected chi connectivity index (χ2v) is 6.75. The van der Waals surface area contributed by atoms with Crippen molar-refractivity contribution in [3.8, 4) is 0 Å². The van der Waals surface area contributed by atoms with Crippen LogP contribution in [0.25, 0.3) is 10.9 Å². The Balaban J connectivity index is 1.81. The lowest BCUT2D eigenvalue weighted by molar-refractivity contribution is -0.422. The van der Waals surface area contributed by atoms with Gasteiger partial charge in [0.25, 0.3) is 0 Å². The minimum atomic E-state index is -0.722. The Labute approximate surface area is 165 Å². The SMILES string of the molecule is O=[N+]([O-])c1cc2c(N3CCOCC3)nn(CCc3ccccc3)c2cc1[N+](=O)[O-]. The van der Waals surface area contributed by atoms with Crippen LogP contribution in [0.5, 0.6) is 0 Å². The minimum Gasteiger partial charge on any atom is -0.378 e. The number of aromatic nitrogens is 2. The molecule has 2 aromatic carbocycles. The fraction of sp³-hybridized carbons (Fsp3) is 0.316. The molecule has 0 spiro atoms. The van der Waals surface area contributed by atoms with Crippen molar-refractivity contribution in [1.29, 1.82) is 0 Å². The predicted octanol–water partition coefficient (Wildman–Crippen LogP) is 2.93. The summed E-state index contributed by atoms with van der Waals surface area (Å²) in [6.07, 6.45) is 0.685. The van der Waals surface area contributed by atoms with E-state index in [1.54, 1.807) is 4.68 Å². The predicted molar refractivity (Wildman–Crippen MR) is 106 cm³/mol. The Morgan fingerprint density at radius 2 is 1.66 bits per heavy atom. The Hall–Kier alpha value is -3.53. The lowest BCUT2D eigenvalue weighted by Crippen LogP contribution is -2.36. The summed E-state index contributed by atoms with van der Waals surface area (Å²) in [5.41, 5.74) is 0.566. The number of fused-ring (bicyclic) bond motifs is 1. The first-order chi connectivity index (χ1) is 14.0. The van der Waals surface area contributed by atoms with E-state index < -0.39 is 21.2 Å². The second-order valence-electron chi connectivity index (χ2n) is 6.75. The Kier molecular flexibility index (Phi) is 5.09. The number of hydrogen-bond acceptors (Lipinski definition) is 7. The zero-order valence-corrected chi connectivity index (χ0v) is 15.6. The van der Waals surface area contributed by atoms with E-state index in [1.165, 1.54) is 12.1 Å². The third kappa shape index (κ3) is 3.74. The standard InChI is InChI=1S/C19H19N5O5/c25-23(26)17-12-15-16(13-18(17)24(27)28)22(7-6-14-4-2-1-3-5-14)20-19(15)21-8-10-29-11-9-21/h1-5,12-13H,6-11H2. The molecule has 0 unspecified atom stereocenters. The number of hydrogen-bond donors (Lipinski definition) is 0. The van der Waals surface area contributed by atoms with Gasteiger partial charge in [-0.1, -0.05) is 30.3 Å². The van der Waals surface area contributed by atoms with E-state index in [0.717, 1.165) is 5.56 Å². The van der Waals surface area contributed by atoms with Gasteiger partial charge >= 0.3 is 11.4 Å². The van der Waals surface area contributed by atoms with Gasteiger partial charge in [-0.25, -0.2) is 0 Å². The van der Waals surface area contributed by atoms with E-state index in [-0.39, 0.29) is 0 Å². The molecule has 2 heterocycles. The maximum absolute atomic E-state index is 11.4. The highest BCUT2D eigenvalue weighted by Gasteiger charge is 2.29. The van der Waals surface area contributed by atoms with Gasteiger partial charge in [0.15, 0.2) is 5.82 Å². The number of morpholine rings is 1. The van der Waals surface area contributed by atoms with Crippen molar-refractivity contribution < 1.29 is 14.6 Å². The summed E-state index contributed by atoms with van der Waals surface area (Å²) in [6.45, 7) is 2.78. The lowest BCUT2D eigenvalue weighted by atomic mass is 10.1. The number of rotatable bonds is 6. The first-order valence-electron chi connectivity index (χ1n) is 9.24. The molecule has 1 aliphatic rings. The third-order valence-electron chi connectivity index (χ3n) is 4.99. The highest BCUT2D eigenvalue weighted by Crippen LogP contribution is 2.36. The zero-order chi connectivity index (χ0) is 20.4. The number of ether oxygens (including phenoxy) is 1. The Bertz CT molecular complexity index is 1060. The first-order valence-corrected chi connectivity index (χ1v) is 9.24. The monoisotopic (exact) mass is 397 g/mol. The molecular formula is C19H19N5O5. The first kappa shape index (κ1) is 18.8. The smallest absolute Gasteiger partial charge is 0.348 e. The van der Waals surface area contributed by atoms with Crippen LogP contribution in [0.3, 0.4) is 0 Å². The lowest BCUT2D eigenvalue weighted by Gasteiger charge is -2.26. The van der Waals surface area contributed by atoms with Crippen LogP contribution in [0.4, 0.5) is 17.2 Å². The maximum atomic E-state index is 11.4. The maximum Gasteiger partial charge on any atom is 0.348 e. The van der Waals surface area contributed by atoms with Crippen molar-refractivity contribution in [3.63, 3.8) is 0 Å². The van der Waals surface area contributed by atoms with Crippen LogP contribution in [0.2, 0.25) is 0 Å². The summed E-state index contributed by atoms with van der Waals surface area (Å²) < 4.78 is 7.08. The molecule has 0 atom stereocenters. The van der Waals surface area contributed by atoms with Crippen LogP contribution in [0, 0.1) is 20.2 Å². The molecule has 10 heteroatoms. The van der Waals surface area contributed by atoms with Gasteiger partial charge in [-0.15, -0.1) is 0 Å². The summed E-state index contributed by atoms with van der Waals surface area (Å²) in [5, 5.41) is 28.0. The van der Waals surface area contributed by atoms with Crippen LogP contribution in [-0.2, 0) is 17.7 Å². The van der Waals surface area contributed by atoms with Crippen LogP contribution in [0.15, 0.2) is 42.5 Å². The van der Waals surface area contributed by atoms with Gasteiger partial charge in [-0.05, 0) is 12.0 Å². The van der Waals surface area contributed by atoms with Crippen LogP contribution >= 0.6 is 0 Å². The highest BCUT2D eigenvalue weighted by atomic mass is 16.6. The molecule has 0 saturated carbocycles. The van der Waals surface area contributed by atoms with Crippen molar-refractivity contribution in [2.75, 3.05) is 31.2 Å². The number of anilines is 1. The van der Waals surface area contributed by atoms with Crippen molar-refractivity contribution in [2.24, 2.45) is 0 Å². The van der Waals surface area contributed by atoms with E-state index in [2.05, 4.69) is 5.10 Å². The normalized spacial score (nSPS) is 14.3. The quantitative estimate of drug-likeness (QED) is 0.464. The molecule has 0 aliphatic carbocycles. The molecule has 10 nitrogen and oxygen atoms in total. The Morgan fingerprint density at radius 3 is 2.31 bits per heavy atom. The van der Waals surface area contributed by atoms with Gasteiger partial charge in [0.05, 0.1) is 34.0 Å². The second kappa shape index (κ2) is 7.84. The molecule has 0 N–H and O–H groups in total. The van der Waals surface area contributed by atoms with E-state index in [0.29, 0.717) is 56.0 Å². The fourth-order valence-electron chi connectivity index (χ4n) is 3.53. The molecule has 1 aliphatic heterocycles. The van der Waals surface area contributed by atoms with Gasteiger partial charge in [-0.2, -0.15) is 5.10 Å². The van der Waals surface area contributed by atoms with Crippen molar-refractivity contribution in [2.45, 2.75) is 13.0 Å². The van der Waals surface area contributed by atoms with E-state index in [4.69, 9.17) is 4.74 Å².